The summed E-state index contributed by atoms with van der Waals surface area (Å²) in [5.41, 5.74) is 0. The van der Waals surface area contributed by atoms with Crippen molar-refractivity contribution >= 4 is 15.6 Å². The van der Waals surface area contributed by atoms with Crippen LogP contribution in [0.3, 0.4) is 0 Å². The second-order valence-corrected chi connectivity index (χ2v) is 12.3. The lowest BCUT2D eigenvalue weighted by molar-refractivity contribution is -0.0369. The van der Waals surface area contributed by atoms with Gasteiger partial charge in [0.05, 0.1) is 13.2 Å². The van der Waals surface area contributed by atoms with Gasteiger partial charge >= 0.3 is 15.6 Å². The van der Waals surface area contributed by atoms with Gasteiger partial charge < -0.3 is 33.0 Å². The summed E-state index contributed by atoms with van der Waals surface area (Å²) in [6.07, 6.45) is -5.28. The van der Waals surface area contributed by atoms with Crippen molar-refractivity contribution in [2.24, 2.45) is 0 Å². The van der Waals surface area contributed by atoms with E-state index in [1.54, 1.807) is 121 Å². The smallest absolute Gasteiger partial charge is 0.395 e. The Morgan fingerprint density at radius 2 is 0.744 bits per heavy atom. The second kappa shape index (κ2) is 14.2. The van der Waals surface area contributed by atoms with Gasteiger partial charge in [-0.1, -0.05) is 72.8 Å². The highest BCUT2D eigenvalue weighted by atomic mass is 31.2. The van der Waals surface area contributed by atoms with Crippen LogP contribution in [0.1, 0.15) is 0 Å². The van der Waals surface area contributed by atoms with Crippen molar-refractivity contribution in [2.75, 3.05) is 13.2 Å². The molecule has 1 aliphatic heterocycles. The Bertz CT molecular complexity index is 1300. The van der Waals surface area contributed by atoms with Crippen LogP contribution in [0.15, 0.2) is 121 Å². The van der Waals surface area contributed by atoms with Crippen LogP contribution >= 0.6 is 15.6 Å². The number of aliphatic hydroxyl groups excluding tert-OH is 2. The van der Waals surface area contributed by atoms with Crippen molar-refractivity contribution < 1.29 is 51.2 Å². The Morgan fingerprint density at radius 1 is 0.488 bits per heavy atom. The van der Waals surface area contributed by atoms with E-state index in [0.29, 0.717) is 0 Å². The number of hydrogen-bond donors (Lipinski definition) is 2. The van der Waals surface area contributed by atoms with Crippen molar-refractivity contribution in [3.63, 3.8) is 0 Å². The lowest BCUT2D eigenvalue weighted by atomic mass is 10.1. The SMILES string of the molecule is O=P(OC[C@H]1O[C@H](COP(=O)(Oc2ccccc2)Oc2ccccc2)[C@@H](O)[C@@H]1O)(Oc1ccccc1)Oc1ccccc1. The van der Waals surface area contributed by atoms with Crippen LogP contribution in [0.5, 0.6) is 23.0 Å². The highest BCUT2D eigenvalue weighted by molar-refractivity contribution is 7.49. The normalized spacial score (nSPS) is 20.3. The van der Waals surface area contributed by atoms with E-state index >= 15 is 0 Å². The third-order valence-corrected chi connectivity index (χ3v) is 8.77. The maximum Gasteiger partial charge on any atom is 0.587 e. The van der Waals surface area contributed by atoms with Crippen LogP contribution in [0.25, 0.3) is 0 Å². The zero-order valence-corrected chi connectivity index (χ0v) is 24.5. The summed E-state index contributed by atoms with van der Waals surface area (Å²) in [6, 6.07) is 33.2. The highest BCUT2D eigenvalue weighted by Gasteiger charge is 2.46. The van der Waals surface area contributed by atoms with Crippen LogP contribution in [0.2, 0.25) is 0 Å². The van der Waals surface area contributed by atoms with Crippen molar-refractivity contribution in [1.82, 2.24) is 0 Å². The summed E-state index contributed by atoms with van der Waals surface area (Å²) in [4.78, 5) is 0. The van der Waals surface area contributed by atoms with E-state index < -0.39 is 53.3 Å². The molecule has 0 saturated carbocycles. The number of phosphoric ester groups is 2. The molecule has 1 aliphatic rings. The van der Waals surface area contributed by atoms with Gasteiger partial charge in [-0.2, -0.15) is 0 Å². The van der Waals surface area contributed by atoms with E-state index in [-0.39, 0.29) is 23.0 Å². The van der Waals surface area contributed by atoms with Gasteiger partial charge in [-0.25, -0.2) is 9.13 Å². The number of rotatable bonds is 14. The fourth-order valence-electron chi connectivity index (χ4n) is 4.02. The van der Waals surface area contributed by atoms with Gasteiger partial charge in [0.25, 0.3) is 0 Å². The lowest BCUT2D eigenvalue weighted by Gasteiger charge is -2.22. The van der Waals surface area contributed by atoms with Gasteiger partial charge in [-0.15, -0.1) is 0 Å². The number of ether oxygens (including phenoxy) is 1. The third kappa shape index (κ3) is 8.69. The van der Waals surface area contributed by atoms with E-state index in [1.807, 2.05) is 0 Å². The summed E-state index contributed by atoms with van der Waals surface area (Å²) in [6.45, 7) is -0.964. The molecule has 0 unspecified atom stereocenters. The quantitative estimate of drug-likeness (QED) is 0.158. The molecule has 0 bridgehead atoms. The Morgan fingerprint density at radius 3 is 1.00 bits per heavy atom. The Hall–Kier alpha value is -3.66. The molecule has 13 heteroatoms. The monoisotopic (exact) mass is 628 g/mol. The van der Waals surface area contributed by atoms with E-state index in [4.69, 9.17) is 31.9 Å². The van der Waals surface area contributed by atoms with Crippen LogP contribution in [0, 0.1) is 0 Å². The molecule has 226 valence electrons. The Labute approximate surface area is 248 Å². The first kappa shape index (κ1) is 30.8. The molecule has 0 radical (unpaired) electrons. The first-order valence-corrected chi connectivity index (χ1v) is 16.2. The molecular weight excluding hydrogens is 598 g/mol. The zero-order valence-electron chi connectivity index (χ0n) is 22.7. The van der Waals surface area contributed by atoms with Crippen LogP contribution in [-0.4, -0.2) is 47.8 Å². The van der Waals surface area contributed by atoms with Crippen LogP contribution in [-0.2, 0) is 22.9 Å². The minimum atomic E-state index is -4.29. The molecule has 0 aliphatic carbocycles. The third-order valence-electron chi connectivity index (χ3n) is 6.10. The van der Waals surface area contributed by atoms with Crippen LogP contribution in [0.4, 0.5) is 0 Å². The molecular formula is C30H30O11P2. The summed E-state index contributed by atoms with van der Waals surface area (Å²) < 4.78 is 66.4. The summed E-state index contributed by atoms with van der Waals surface area (Å²) in [5.74, 6) is 0.921. The van der Waals surface area contributed by atoms with Crippen molar-refractivity contribution in [1.29, 1.82) is 0 Å². The minimum absolute atomic E-state index is 0.230. The maximum atomic E-state index is 13.6. The van der Waals surface area contributed by atoms with E-state index in [9.17, 15) is 19.3 Å². The van der Waals surface area contributed by atoms with Gasteiger partial charge in [0.2, 0.25) is 0 Å². The van der Waals surface area contributed by atoms with Crippen molar-refractivity contribution in [3.8, 4) is 23.0 Å². The highest BCUT2D eigenvalue weighted by Crippen LogP contribution is 2.51. The van der Waals surface area contributed by atoms with Crippen LogP contribution < -0.4 is 18.1 Å². The average molecular weight is 629 g/mol. The topological polar surface area (TPSA) is 139 Å². The van der Waals surface area contributed by atoms with Gasteiger partial charge in [0.15, 0.2) is 0 Å². The fourth-order valence-corrected chi connectivity index (χ4v) is 6.48. The molecule has 1 heterocycles. The second-order valence-electron chi connectivity index (χ2n) is 9.30. The van der Waals surface area contributed by atoms with Crippen molar-refractivity contribution in [3.05, 3.63) is 121 Å². The van der Waals surface area contributed by atoms with Gasteiger partial charge in [-0.05, 0) is 48.5 Å². The lowest BCUT2D eigenvalue weighted by Crippen LogP contribution is -2.35. The zero-order chi connectivity index (χ0) is 30.1. The summed E-state index contributed by atoms with van der Waals surface area (Å²) in [7, 11) is -8.58. The molecule has 2 N–H and O–H groups in total. The molecule has 0 aromatic heterocycles. The summed E-state index contributed by atoms with van der Waals surface area (Å²) >= 11 is 0. The molecule has 5 rings (SSSR count). The summed E-state index contributed by atoms with van der Waals surface area (Å²) in [5, 5.41) is 21.4. The van der Waals surface area contributed by atoms with Gasteiger partial charge in [-0.3, -0.25) is 9.05 Å². The maximum absolute atomic E-state index is 13.6. The molecule has 4 aromatic rings. The first-order chi connectivity index (χ1) is 20.8. The number of benzene rings is 4. The number of para-hydroxylation sites is 4. The predicted octanol–water partition coefficient (Wildman–Crippen LogP) is 6.04. The fraction of sp³-hybridized carbons (Fsp3) is 0.200. The van der Waals surface area contributed by atoms with Gasteiger partial charge in [0.1, 0.15) is 47.4 Å². The molecule has 4 aromatic carbocycles. The van der Waals surface area contributed by atoms with Crippen molar-refractivity contribution in [2.45, 2.75) is 24.4 Å². The first-order valence-electron chi connectivity index (χ1n) is 13.3. The molecule has 1 fully saturated rings. The largest absolute Gasteiger partial charge is 0.587 e. The molecule has 0 spiro atoms. The van der Waals surface area contributed by atoms with Gasteiger partial charge in [0, 0.05) is 0 Å². The number of aliphatic hydroxyl groups is 2. The Kier molecular flexibility index (Phi) is 10.2. The molecule has 43 heavy (non-hydrogen) atoms. The van der Waals surface area contributed by atoms with E-state index in [1.165, 1.54) is 0 Å². The minimum Gasteiger partial charge on any atom is -0.395 e. The standard InChI is InChI=1S/C30H30O11P2/c31-29-27(21-35-42(33,38-23-13-5-1-6-14-23)39-24-15-7-2-8-16-24)37-28(30(29)32)22-36-43(34,40-25-17-9-3-10-18-25)41-26-19-11-4-12-20-26/h1-20,27-32H,21-22H2/t27-,28-,29-,30-/m1/s1. The molecule has 1 saturated heterocycles. The number of phosphoric acid groups is 2. The van der Waals surface area contributed by atoms with E-state index in [0.717, 1.165) is 0 Å². The Balaban J connectivity index is 1.25. The molecule has 4 atom stereocenters. The predicted molar refractivity (Wildman–Crippen MR) is 156 cm³/mol. The molecule has 11 nitrogen and oxygen atoms in total. The molecule has 0 amide bonds. The average Bonchev–Trinajstić information content (AvgIpc) is 3.29. The van der Waals surface area contributed by atoms with E-state index in [2.05, 4.69) is 0 Å². The number of hydrogen-bond acceptors (Lipinski definition) is 11.